The maximum Gasteiger partial charge on any atom is 0.261 e. The highest BCUT2D eigenvalue weighted by Gasteiger charge is 2.21. The van der Waals surface area contributed by atoms with Gasteiger partial charge in [-0.1, -0.05) is 55.6 Å². The Morgan fingerprint density at radius 2 is 1.75 bits per heavy atom. The SMILES string of the molecule is CCCCCc1c(C(=O)Nc2cccc(C)c2C)c(=O)cc(C)n1Cc1ccc(Cl)cc1. The largest absolute Gasteiger partial charge is 0.343 e. The van der Waals surface area contributed by atoms with Crippen molar-refractivity contribution >= 4 is 23.2 Å². The summed E-state index contributed by atoms with van der Waals surface area (Å²) in [6.45, 7) is 8.62. The van der Waals surface area contributed by atoms with Crippen LogP contribution in [0.5, 0.6) is 0 Å². The zero-order valence-electron chi connectivity index (χ0n) is 19.3. The highest BCUT2D eigenvalue weighted by Crippen LogP contribution is 2.21. The smallest absolute Gasteiger partial charge is 0.261 e. The lowest BCUT2D eigenvalue weighted by atomic mass is 10.0. The summed E-state index contributed by atoms with van der Waals surface area (Å²) in [6.07, 6.45) is 3.70. The van der Waals surface area contributed by atoms with Crippen molar-refractivity contribution < 1.29 is 4.79 Å². The molecule has 3 rings (SSSR count). The molecule has 3 aromatic rings. The third kappa shape index (κ3) is 5.49. The number of aromatic nitrogens is 1. The molecular weight excluding hydrogens is 420 g/mol. The van der Waals surface area contributed by atoms with Gasteiger partial charge >= 0.3 is 0 Å². The molecule has 0 aliphatic carbocycles. The quantitative estimate of drug-likeness (QED) is 0.400. The van der Waals surface area contributed by atoms with Crippen LogP contribution in [0.2, 0.25) is 5.02 Å². The lowest BCUT2D eigenvalue weighted by molar-refractivity contribution is 0.102. The average Bonchev–Trinajstić information content (AvgIpc) is 2.75. The maximum atomic E-state index is 13.4. The fourth-order valence-corrected chi connectivity index (χ4v) is 4.07. The number of hydrogen-bond acceptors (Lipinski definition) is 2. The Morgan fingerprint density at radius 1 is 1.03 bits per heavy atom. The highest BCUT2D eigenvalue weighted by molar-refractivity contribution is 6.30. The summed E-state index contributed by atoms with van der Waals surface area (Å²) in [5.74, 6) is -0.347. The van der Waals surface area contributed by atoms with Gasteiger partial charge in [-0.2, -0.15) is 0 Å². The first-order chi connectivity index (χ1) is 15.3. The molecule has 1 heterocycles. The van der Waals surface area contributed by atoms with E-state index in [0.717, 1.165) is 53.0 Å². The summed E-state index contributed by atoms with van der Waals surface area (Å²) in [5.41, 5.74) is 5.54. The van der Waals surface area contributed by atoms with Gasteiger partial charge in [0, 0.05) is 34.7 Å². The number of nitrogens with one attached hydrogen (secondary N) is 1. The van der Waals surface area contributed by atoms with Crippen LogP contribution in [0.1, 0.15) is 64.6 Å². The van der Waals surface area contributed by atoms with Gasteiger partial charge < -0.3 is 9.88 Å². The minimum absolute atomic E-state index is 0.232. The number of carbonyl (C=O) groups excluding carboxylic acids is 1. The number of amides is 1. The van der Waals surface area contributed by atoms with E-state index in [2.05, 4.69) is 16.8 Å². The summed E-state index contributed by atoms with van der Waals surface area (Å²) < 4.78 is 2.10. The fourth-order valence-electron chi connectivity index (χ4n) is 3.94. The van der Waals surface area contributed by atoms with Gasteiger partial charge in [-0.25, -0.2) is 0 Å². The molecule has 0 saturated heterocycles. The molecule has 168 valence electrons. The molecule has 0 unspecified atom stereocenters. The maximum absolute atomic E-state index is 13.4. The van der Waals surface area contributed by atoms with Crippen LogP contribution in [0.15, 0.2) is 53.3 Å². The molecule has 0 aliphatic heterocycles. The molecule has 0 atom stereocenters. The molecule has 0 spiro atoms. The highest BCUT2D eigenvalue weighted by atomic mass is 35.5. The van der Waals surface area contributed by atoms with Crippen molar-refractivity contribution in [1.29, 1.82) is 0 Å². The molecular formula is C27H31ClN2O2. The zero-order chi connectivity index (χ0) is 23.3. The van der Waals surface area contributed by atoms with E-state index in [-0.39, 0.29) is 16.9 Å². The number of aryl methyl sites for hydroxylation is 2. The summed E-state index contributed by atoms with van der Waals surface area (Å²) in [6, 6.07) is 15.0. The van der Waals surface area contributed by atoms with Gasteiger partial charge in [-0.3, -0.25) is 9.59 Å². The van der Waals surface area contributed by atoms with Gasteiger partial charge in [0.15, 0.2) is 5.43 Å². The van der Waals surface area contributed by atoms with Crippen molar-refractivity contribution in [2.75, 3.05) is 5.32 Å². The molecule has 0 bridgehead atoms. The summed E-state index contributed by atoms with van der Waals surface area (Å²) in [7, 11) is 0. The lowest BCUT2D eigenvalue weighted by Gasteiger charge is -2.21. The topological polar surface area (TPSA) is 51.1 Å². The van der Waals surface area contributed by atoms with Crippen LogP contribution >= 0.6 is 11.6 Å². The molecule has 0 fully saturated rings. The number of anilines is 1. The normalized spacial score (nSPS) is 10.9. The second-order valence-corrected chi connectivity index (χ2v) is 8.78. The molecule has 0 aliphatic rings. The minimum atomic E-state index is -0.347. The van der Waals surface area contributed by atoms with Crippen LogP contribution in [0.3, 0.4) is 0 Å². The Balaban J connectivity index is 2.06. The van der Waals surface area contributed by atoms with E-state index in [9.17, 15) is 9.59 Å². The second-order valence-electron chi connectivity index (χ2n) is 8.34. The number of carbonyl (C=O) groups is 1. The predicted octanol–water partition coefficient (Wildman–Crippen LogP) is 6.46. The van der Waals surface area contributed by atoms with Gasteiger partial charge in [0.1, 0.15) is 5.56 Å². The summed E-state index contributed by atoms with van der Waals surface area (Å²) in [4.78, 5) is 26.4. The number of rotatable bonds is 8. The van der Waals surface area contributed by atoms with Crippen molar-refractivity contribution in [2.24, 2.45) is 0 Å². The first-order valence-corrected chi connectivity index (χ1v) is 11.5. The minimum Gasteiger partial charge on any atom is -0.343 e. The monoisotopic (exact) mass is 450 g/mol. The van der Waals surface area contributed by atoms with E-state index in [4.69, 9.17) is 11.6 Å². The molecule has 1 amide bonds. The number of pyridine rings is 1. The van der Waals surface area contributed by atoms with Gasteiger partial charge in [0.05, 0.1) is 0 Å². The van der Waals surface area contributed by atoms with E-state index < -0.39 is 0 Å². The molecule has 4 nitrogen and oxygen atoms in total. The molecule has 1 aromatic heterocycles. The Kier molecular flexibility index (Phi) is 7.92. The molecule has 0 radical (unpaired) electrons. The van der Waals surface area contributed by atoms with Crippen molar-refractivity contribution in [3.05, 3.63) is 97.4 Å². The number of benzene rings is 2. The van der Waals surface area contributed by atoms with Crippen LogP contribution < -0.4 is 10.7 Å². The molecule has 1 N–H and O–H groups in total. The third-order valence-electron chi connectivity index (χ3n) is 5.98. The van der Waals surface area contributed by atoms with E-state index >= 15 is 0 Å². The van der Waals surface area contributed by atoms with Crippen molar-refractivity contribution in [3.8, 4) is 0 Å². The van der Waals surface area contributed by atoms with E-state index in [0.29, 0.717) is 18.0 Å². The van der Waals surface area contributed by atoms with Crippen LogP contribution in [0.25, 0.3) is 0 Å². The first-order valence-electron chi connectivity index (χ1n) is 11.2. The van der Waals surface area contributed by atoms with Crippen molar-refractivity contribution in [2.45, 2.75) is 59.9 Å². The molecule has 5 heteroatoms. The van der Waals surface area contributed by atoms with Gasteiger partial charge in [0.2, 0.25) is 0 Å². The van der Waals surface area contributed by atoms with Gasteiger partial charge in [-0.05, 0) is 68.5 Å². The lowest BCUT2D eigenvalue weighted by Crippen LogP contribution is -2.29. The van der Waals surface area contributed by atoms with Crippen LogP contribution in [0.4, 0.5) is 5.69 Å². The Hall–Kier alpha value is -2.85. The first kappa shape index (κ1) is 23.8. The Bertz CT molecular complexity index is 1160. The standard InChI is InChI=1S/C27H31ClN2O2/c1-5-6-7-11-24-26(27(32)29-23-10-8-9-18(2)20(23)4)25(31)16-19(3)30(24)17-21-12-14-22(28)15-13-21/h8-10,12-16H,5-7,11,17H2,1-4H3,(H,29,32). The van der Waals surface area contributed by atoms with Crippen molar-refractivity contribution in [3.63, 3.8) is 0 Å². The van der Waals surface area contributed by atoms with E-state index in [1.807, 2.05) is 63.2 Å². The van der Waals surface area contributed by atoms with Gasteiger partial charge in [-0.15, -0.1) is 0 Å². The van der Waals surface area contributed by atoms with Crippen LogP contribution in [0, 0.1) is 20.8 Å². The summed E-state index contributed by atoms with van der Waals surface area (Å²) >= 11 is 6.05. The number of unbranched alkanes of at least 4 members (excludes halogenated alkanes) is 2. The average molecular weight is 451 g/mol. The third-order valence-corrected chi connectivity index (χ3v) is 6.23. The summed E-state index contributed by atoms with van der Waals surface area (Å²) in [5, 5.41) is 3.67. The molecule has 0 saturated carbocycles. The molecule has 2 aromatic carbocycles. The number of nitrogens with zero attached hydrogens (tertiary/aromatic N) is 1. The molecule has 32 heavy (non-hydrogen) atoms. The fraction of sp³-hybridized carbons (Fsp3) is 0.333. The van der Waals surface area contributed by atoms with E-state index in [1.54, 1.807) is 6.07 Å². The van der Waals surface area contributed by atoms with Crippen LogP contribution in [-0.2, 0) is 13.0 Å². The van der Waals surface area contributed by atoms with Crippen LogP contribution in [-0.4, -0.2) is 10.5 Å². The number of hydrogen-bond donors (Lipinski definition) is 1. The second kappa shape index (κ2) is 10.6. The zero-order valence-corrected chi connectivity index (χ0v) is 20.1. The number of halogens is 1. The predicted molar refractivity (Wildman–Crippen MR) is 133 cm³/mol. The van der Waals surface area contributed by atoms with Crippen molar-refractivity contribution in [1.82, 2.24) is 4.57 Å². The Morgan fingerprint density at radius 3 is 2.44 bits per heavy atom. The Labute approximate surface area is 195 Å². The van der Waals surface area contributed by atoms with Gasteiger partial charge in [0.25, 0.3) is 5.91 Å². The van der Waals surface area contributed by atoms with E-state index in [1.165, 1.54) is 0 Å².